The normalized spacial score (nSPS) is 25.0. The summed E-state index contributed by atoms with van der Waals surface area (Å²) in [6, 6.07) is 9.17. The van der Waals surface area contributed by atoms with Crippen molar-refractivity contribution < 1.29 is 19.1 Å². The van der Waals surface area contributed by atoms with Crippen LogP contribution < -0.4 is 5.32 Å². The van der Waals surface area contributed by atoms with Gasteiger partial charge in [-0.2, -0.15) is 0 Å². The number of ether oxygens (including phenoxy) is 2. The molecule has 1 aromatic carbocycles. The van der Waals surface area contributed by atoms with Gasteiger partial charge >= 0.3 is 0 Å². The van der Waals surface area contributed by atoms with Crippen LogP contribution >= 0.6 is 0 Å². The van der Waals surface area contributed by atoms with Gasteiger partial charge in [0.2, 0.25) is 5.91 Å². The Labute approximate surface area is 148 Å². The Kier molecular flexibility index (Phi) is 6.04. The van der Waals surface area contributed by atoms with Gasteiger partial charge in [0.25, 0.3) is 5.91 Å². The predicted molar refractivity (Wildman–Crippen MR) is 92.9 cm³/mol. The highest BCUT2D eigenvalue weighted by atomic mass is 16.5. The van der Waals surface area contributed by atoms with Gasteiger partial charge in [-0.3, -0.25) is 9.59 Å². The summed E-state index contributed by atoms with van der Waals surface area (Å²) in [5.74, 6) is 0.343. The van der Waals surface area contributed by atoms with Crippen molar-refractivity contribution in [2.75, 3.05) is 33.4 Å². The lowest BCUT2D eigenvalue weighted by atomic mass is 9.96. The fourth-order valence-corrected chi connectivity index (χ4v) is 3.52. The fraction of sp³-hybridized carbons (Fsp3) is 0.579. The Morgan fingerprint density at radius 2 is 1.96 bits per heavy atom. The topological polar surface area (TPSA) is 67.9 Å². The number of carbonyl (C=O) groups excluding carboxylic acids is 2. The van der Waals surface area contributed by atoms with E-state index in [1.165, 1.54) is 0 Å². The summed E-state index contributed by atoms with van der Waals surface area (Å²) in [6.45, 7) is 2.20. The molecule has 3 rings (SSSR count). The highest BCUT2D eigenvalue weighted by Gasteiger charge is 2.39. The van der Waals surface area contributed by atoms with E-state index in [2.05, 4.69) is 5.32 Å². The molecule has 2 atom stereocenters. The molecular formula is C19H26N2O4. The third-order valence-corrected chi connectivity index (χ3v) is 5.08. The molecule has 0 unspecified atom stereocenters. The minimum atomic E-state index is -0.681. The third kappa shape index (κ3) is 4.38. The molecule has 25 heavy (non-hydrogen) atoms. The summed E-state index contributed by atoms with van der Waals surface area (Å²) in [5, 5.41) is 2.99. The van der Waals surface area contributed by atoms with Gasteiger partial charge in [-0.25, -0.2) is 0 Å². The average Bonchev–Trinajstić information content (AvgIpc) is 2.65. The number of hydrogen-bond acceptors (Lipinski definition) is 4. The van der Waals surface area contributed by atoms with Crippen molar-refractivity contribution in [1.29, 1.82) is 0 Å². The van der Waals surface area contributed by atoms with E-state index in [0.717, 1.165) is 38.0 Å². The molecule has 2 heterocycles. The molecule has 6 heteroatoms. The van der Waals surface area contributed by atoms with Gasteiger partial charge in [-0.1, -0.05) is 30.3 Å². The Morgan fingerprint density at radius 3 is 2.68 bits per heavy atom. The first-order chi connectivity index (χ1) is 12.2. The maximum atomic E-state index is 12.7. The zero-order valence-electron chi connectivity index (χ0n) is 14.6. The molecule has 2 saturated heterocycles. The molecule has 2 fully saturated rings. The van der Waals surface area contributed by atoms with Gasteiger partial charge in [0.05, 0.1) is 6.04 Å². The van der Waals surface area contributed by atoms with Crippen LogP contribution in [0.15, 0.2) is 30.3 Å². The van der Waals surface area contributed by atoms with Crippen LogP contribution in [-0.4, -0.2) is 56.2 Å². The summed E-state index contributed by atoms with van der Waals surface area (Å²) in [4.78, 5) is 26.3. The van der Waals surface area contributed by atoms with Crippen LogP contribution in [0, 0.1) is 5.92 Å². The summed E-state index contributed by atoms with van der Waals surface area (Å²) < 4.78 is 11.0. The fourth-order valence-electron chi connectivity index (χ4n) is 3.52. The first-order valence-electron chi connectivity index (χ1n) is 8.94. The maximum Gasteiger partial charge on any atom is 0.251 e. The number of carbonyl (C=O) groups is 2. The Morgan fingerprint density at radius 1 is 1.24 bits per heavy atom. The molecule has 0 aromatic heterocycles. The lowest BCUT2D eigenvalue weighted by molar-refractivity contribution is -0.162. The summed E-state index contributed by atoms with van der Waals surface area (Å²) in [5.41, 5.74) is 0.905. The monoisotopic (exact) mass is 346 g/mol. The number of likely N-dealkylation sites (N-methyl/N-ethyl adjacent to an activating group) is 1. The van der Waals surface area contributed by atoms with E-state index in [1.54, 1.807) is 11.9 Å². The molecule has 0 saturated carbocycles. The van der Waals surface area contributed by atoms with Crippen LogP contribution in [-0.2, 0) is 19.1 Å². The second kappa shape index (κ2) is 8.45. The van der Waals surface area contributed by atoms with E-state index < -0.39 is 12.1 Å². The molecule has 1 N–H and O–H groups in total. The summed E-state index contributed by atoms with van der Waals surface area (Å²) in [7, 11) is 1.73. The van der Waals surface area contributed by atoms with Crippen LogP contribution in [0.5, 0.6) is 0 Å². The molecule has 1 aromatic rings. The van der Waals surface area contributed by atoms with E-state index in [0.29, 0.717) is 12.5 Å². The quantitative estimate of drug-likeness (QED) is 0.878. The number of hydrogen-bond donors (Lipinski definition) is 1. The largest absolute Gasteiger partial charge is 0.381 e. The van der Waals surface area contributed by atoms with Gasteiger partial charge in [-0.15, -0.1) is 0 Å². The molecule has 0 bridgehead atoms. The van der Waals surface area contributed by atoms with Crippen LogP contribution in [0.25, 0.3) is 0 Å². The molecule has 2 aliphatic heterocycles. The number of benzene rings is 1. The number of nitrogens with one attached hydrogen (secondary N) is 1. The Balaban J connectivity index is 1.61. The molecule has 2 amide bonds. The lowest BCUT2D eigenvalue weighted by Crippen LogP contribution is -2.53. The minimum Gasteiger partial charge on any atom is -0.381 e. The molecular weight excluding hydrogens is 320 g/mol. The van der Waals surface area contributed by atoms with Crippen molar-refractivity contribution in [2.45, 2.75) is 31.4 Å². The molecule has 0 radical (unpaired) electrons. The molecule has 0 aliphatic carbocycles. The molecule has 0 spiro atoms. The number of nitrogens with zero attached hydrogens (tertiary/aromatic N) is 1. The van der Waals surface area contributed by atoms with Crippen LogP contribution in [0.1, 0.15) is 30.9 Å². The summed E-state index contributed by atoms with van der Waals surface area (Å²) in [6.07, 6.45) is 2.38. The SMILES string of the molecule is CN1C(=O)CO[C@@H](C(=O)NCCC2CCOCC2)[C@@H]1c1ccccc1. The smallest absolute Gasteiger partial charge is 0.251 e. The van der Waals surface area contributed by atoms with Crippen LogP contribution in [0.2, 0.25) is 0 Å². The highest BCUT2D eigenvalue weighted by Crippen LogP contribution is 2.29. The van der Waals surface area contributed by atoms with Crippen molar-refractivity contribution in [3.05, 3.63) is 35.9 Å². The van der Waals surface area contributed by atoms with Crippen LogP contribution in [0.4, 0.5) is 0 Å². The van der Waals surface area contributed by atoms with Gasteiger partial charge < -0.3 is 19.7 Å². The second-order valence-electron chi connectivity index (χ2n) is 6.73. The van der Waals surface area contributed by atoms with E-state index in [4.69, 9.17) is 9.47 Å². The average molecular weight is 346 g/mol. The van der Waals surface area contributed by atoms with Gasteiger partial charge in [0, 0.05) is 26.8 Å². The first-order valence-corrected chi connectivity index (χ1v) is 8.94. The van der Waals surface area contributed by atoms with Crippen molar-refractivity contribution in [3.8, 4) is 0 Å². The Bertz CT molecular complexity index is 586. The van der Waals surface area contributed by atoms with Gasteiger partial charge in [0.15, 0.2) is 6.10 Å². The maximum absolute atomic E-state index is 12.7. The van der Waals surface area contributed by atoms with Crippen molar-refractivity contribution in [2.24, 2.45) is 5.92 Å². The Hall–Kier alpha value is -1.92. The van der Waals surface area contributed by atoms with Gasteiger partial charge in [-0.05, 0) is 30.7 Å². The van der Waals surface area contributed by atoms with Crippen LogP contribution in [0.3, 0.4) is 0 Å². The standard InChI is InChI=1S/C19H26N2O4/c1-21-16(22)13-25-18(17(21)15-5-3-2-4-6-15)19(23)20-10-7-14-8-11-24-12-9-14/h2-6,14,17-18H,7-13H2,1H3,(H,20,23)/t17-,18+/m0/s1. The number of morpholine rings is 1. The first kappa shape index (κ1) is 17.9. The third-order valence-electron chi connectivity index (χ3n) is 5.08. The molecule has 6 nitrogen and oxygen atoms in total. The van der Waals surface area contributed by atoms with E-state index in [9.17, 15) is 9.59 Å². The van der Waals surface area contributed by atoms with Crippen molar-refractivity contribution in [1.82, 2.24) is 10.2 Å². The zero-order valence-corrected chi connectivity index (χ0v) is 14.6. The number of amides is 2. The molecule has 136 valence electrons. The summed E-state index contributed by atoms with van der Waals surface area (Å²) >= 11 is 0. The number of rotatable bonds is 5. The van der Waals surface area contributed by atoms with Crippen molar-refractivity contribution >= 4 is 11.8 Å². The molecule has 2 aliphatic rings. The lowest BCUT2D eigenvalue weighted by Gasteiger charge is -2.38. The van der Waals surface area contributed by atoms with E-state index in [-0.39, 0.29) is 18.4 Å². The zero-order chi connectivity index (χ0) is 17.6. The highest BCUT2D eigenvalue weighted by molar-refractivity contribution is 5.86. The van der Waals surface area contributed by atoms with E-state index >= 15 is 0 Å². The minimum absolute atomic E-state index is 0.0577. The predicted octanol–water partition coefficient (Wildman–Crippen LogP) is 1.52. The van der Waals surface area contributed by atoms with Gasteiger partial charge in [0.1, 0.15) is 6.61 Å². The van der Waals surface area contributed by atoms with Crippen molar-refractivity contribution in [3.63, 3.8) is 0 Å². The van der Waals surface area contributed by atoms with E-state index in [1.807, 2.05) is 30.3 Å². The second-order valence-corrected chi connectivity index (χ2v) is 6.73.